The zero-order chi connectivity index (χ0) is 14.4. The Labute approximate surface area is 129 Å². The van der Waals surface area contributed by atoms with E-state index in [0.29, 0.717) is 0 Å². The van der Waals surface area contributed by atoms with E-state index in [4.69, 9.17) is 0 Å². The molecule has 1 aromatic rings. The number of allylic oxidation sites excluding steroid dienone is 4. The Morgan fingerprint density at radius 3 is 2.29 bits per heavy atom. The highest BCUT2D eigenvalue weighted by atomic mass is 14.5. The van der Waals surface area contributed by atoms with Crippen molar-refractivity contribution < 1.29 is 0 Å². The summed E-state index contributed by atoms with van der Waals surface area (Å²) in [5, 5.41) is 0. The first-order valence-electron chi connectivity index (χ1n) is 8.71. The van der Waals surface area contributed by atoms with E-state index in [9.17, 15) is 0 Å². The van der Waals surface area contributed by atoms with Crippen LogP contribution < -0.4 is 0 Å². The van der Waals surface area contributed by atoms with Gasteiger partial charge in [0.05, 0.1) is 0 Å². The van der Waals surface area contributed by atoms with Crippen LogP contribution in [-0.2, 0) is 0 Å². The Bertz CT molecular complexity index is 579. The maximum atomic E-state index is 2.40. The van der Waals surface area contributed by atoms with Crippen molar-refractivity contribution >= 4 is 5.57 Å². The third kappa shape index (κ3) is 2.50. The molecule has 0 heterocycles. The fraction of sp³-hybridized carbons (Fsp3) is 0.524. The maximum absolute atomic E-state index is 2.40. The van der Waals surface area contributed by atoms with Crippen LogP contribution in [0.2, 0.25) is 0 Å². The van der Waals surface area contributed by atoms with Gasteiger partial charge in [0.2, 0.25) is 0 Å². The Morgan fingerprint density at radius 2 is 1.57 bits per heavy atom. The molecule has 3 aliphatic rings. The van der Waals surface area contributed by atoms with Gasteiger partial charge < -0.3 is 0 Å². The lowest BCUT2D eigenvalue weighted by Crippen LogP contribution is -2.10. The molecule has 0 aromatic heterocycles. The average Bonchev–Trinajstić information content (AvgIpc) is 3.30. The van der Waals surface area contributed by atoms with Crippen LogP contribution in [0.4, 0.5) is 0 Å². The summed E-state index contributed by atoms with van der Waals surface area (Å²) < 4.78 is 0. The molecule has 0 aliphatic heterocycles. The summed E-state index contributed by atoms with van der Waals surface area (Å²) in [7, 11) is 0. The Morgan fingerprint density at radius 1 is 0.857 bits per heavy atom. The number of fused-ring (bicyclic) bond motifs is 1. The molecule has 0 spiro atoms. The predicted octanol–water partition coefficient (Wildman–Crippen LogP) is 5.96. The molecule has 0 radical (unpaired) electrons. The Kier molecular flexibility index (Phi) is 3.28. The molecule has 4 rings (SSSR count). The van der Waals surface area contributed by atoms with Gasteiger partial charge in [-0.15, -0.1) is 0 Å². The quantitative estimate of drug-likeness (QED) is 0.626. The number of hydrogen-bond donors (Lipinski definition) is 0. The largest absolute Gasteiger partial charge is 0.0696 e. The van der Waals surface area contributed by atoms with Gasteiger partial charge in [-0.05, 0) is 66.6 Å². The summed E-state index contributed by atoms with van der Waals surface area (Å²) >= 11 is 0. The molecule has 1 aromatic carbocycles. The summed E-state index contributed by atoms with van der Waals surface area (Å²) in [5.74, 6) is 3.42. The van der Waals surface area contributed by atoms with Gasteiger partial charge in [0.15, 0.2) is 0 Å². The van der Waals surface area contributed by atoms with E-state index in [1.165, 1.54) is 37.7 Å². The fourth-order valence-corrected chi connectivity index (χ4v) is 4.36. The van der Waals surface area contributed by atoms with E-state index in [1.54, 1.807) is 16.7 Å². The van der Waals surface area contributed by atoms with Gasteiger partial charge in [-0.2, -0.15) is 0 Å². The van der Waals surface area contributed by atoms with Crippen LogP contribution in [0, 0.1) is 17.8 Å². The lowest BCUT2D eigenvalue weighted by molar-refractivity contribution is 0.348. The molecule has 0 N–H and O–H groups in total. The normalized spacial score (nSPS) is 34.8. The second kappa shape index (κ2) is 5.16. The van der Waals surface area contributed by atoms with Crippen LogP contribution in [0.1, 0.15) is 63.0 Å². The van der Waals surface area contributed by atoms with Gasteiger partial charge in [0.1, 0.15) is 0 Å². The van der Waals surface area contributed by atoms with Crippen molar-refractivity contribution in [1.82, 2.24) is 0 Å². The third-order valence-electron chi connectivity index (χ3n) is 6.03. The molecule has 0 amide bonds. The minimum absolute atomic E-state index is 0.811. The standard InChI is InChI=1S/C21H26/c1-14-3-6-16(7-4-14)17-8-10-18(11-9-17)19-12-5-15(2)20-13-21(19)20/h5,8-12,14,16,20-21H,3-4,6-7,13H2,1-2H3. The van der Waals surface area contributed by atoms with Gasteiger partial charge in [0.25, 0.3) is 0 Å². The van der Waals surface area contributed by atoms with Crippen LogP contribution in [-0.4, -0.2) is 0 Å². The molecule has 2 unspecified atom stereocenters. The molecule has 0 saturated heterocycles. The molecular formula is C21H26. The highest BCUT2D eigenvalue weighted by Gasteiger charge is 2.42. The van der Waals surface area contributed by atoms with Crippen molar-refractivity contribution in [3.05, 3.63) is 53.1 Å². The first-order chi connectivity index (χ1) is 10.2. The minimum Gasteiger partial charge on any atom is -0.0696 e. The van der Waals surface area contributed by atoms with Gasteiger partial charge in [0, 0.05) is 0 Å². The molecule has 2 saturated carbocycles. The van der Waals surface area contributed by atoms with Crippen molar-refractivity contribution in [2.45, 2.75) is 51.9 Å². The van der Waals surface area contributed by atoms with E-state index < -0.39 is 0 Å². The van der Waals surface area contributed by atoms with Gasteiger partial charge in [-0.25, -0.2) is 0 Å². The van der Waals surface area contributed by atoms with Crippen molar-refractivity contribution in [2.75, 3.05) is 0 Å². The summed E-state index contributed by atoms with van der Waals surface area (Å²) in [6.07, 6.45) is 11.7. The zero-order valence-corrected chi connectivity index (χ0v) is 13.3. The molecule has 0 nitrogen and oxygen atoms in total. The minimum atomic E-state index is 0.811. The maximum Gasteiger partial charge on any atom is -0.00843 e. The van der Waals surface area contributed by atoms with Crippen molar-refractivity contribution in [2.24, 2.45) is 17.8 Å². The highest BCUT2D eigenvalue weighted by Crippen LogP contribution is 2.54. The summed E-state index contributed by atoms with van der Waals surface area (Å²) in [6.45, 7) is 4.68. The third-order valence-corrected chi connectivity index (χ3v) is 6.03. The van der Waals surface area contributed by atoms with E-state index >= 15 is 0 Å². The molecule has 2 atom stereocenters. The molecule has 21 heavy (non-hydrogen) atoms. The second-order valence-electron chi connectivity index (χ2n) is 7.56. The summed E-state index contributed by atoms with van der Waals surface area (Å²) in [6, 6.07) is 9.56. The van der Waals surface area contributed by atoms with Crippen molar-refractivity contribution in [1.29, 1.82) is 0 Å². The topological polar surface area (TPSA) is 0 Å². The SMILES string of the molecule is CC1=CC=C(c2ccc(C3CCC(C)CC3)cc2)C2CC12. The van der Waals surface area contributed by atoms with Crippen LogP contribution >= 0.6 is 0 Å². The van der Waals surface area contributed by atoms with Crippen LogP contribution in [0.15, 0.2) is 42.0 Å². The van der Waals surface area contributed by atoms with Crippen LogP contribution in [0.5, 0.6) is 0 Å². The van der Waals surface area contributed by atoms with E-state index in [1.807, 2.05) is 0 Å². The fourth-order valence-electron chi connectivity index (χ4n) is 4.36. The second-order valence-corrected chi connectivity index (χ2v) is 7.56. The first-order valence-corrected chi connectivity index (χ1v) is 8.71. The van der Waals surface area contributed by atoms with E-state index in [2.05, 4.69) is 50.3 Å². The molecule has 0 bridgehead atoms. The smallest absolute Gasteiger partial charge is 0.00843 e. The van der Waals surface area contributed by atoms with Gasteiger partial charge in [-0.1, -0.05) is 61.8 Å². The van der Waals surface area contributed by atoms with E-state index in [0.717, 1.165) is 23.7 Å². The Hall–Kier alpha value is -1.30. The van der Waals surface area contributed by atoms with Crippen molar-refractivity contribution in [3.8, 4) is 0 Å². The molecule has 110 valence electrons. The number of benzene rings is 1. The molecular weight excluding hydrogens is 252 g/mol. The monoisotopic (exact) mass is 278 g/mol. The lowest BCUT2D eigenvalue weighted by atomic mass is 9.79. The first kappa shape index (κ1) is 13.4. The van der Waals surface area contributed by atoms with Gasteiger partial charge >= 0.3 is 0 Å². The number of hydrogen-bond acceptors (Lipinski definition) is 0. The summed E-state index contributed by atoms with van der Waals surface area (Å²) in [5.41, 5.74) is 6.19. The Balaban J connectivity index is 1.52. The lowest BCUT2D eigenvalue weighted by Gasteiger charge is -2.26. The summed E-state index contributed by atoms with van der Waals surface area (Å²) in [4.78, 5) is 0. The van der Waals surface area contributed by atoms with Gasteiger partial charge in [-0.3, -0.25) is 0 Å². The van der Waals surface area contributed by atoms with Crippen LogP contribution in [0.3, 0.4) is 0 Å². The molecule has 3 aliphatic carbocycles. The van der Waals surface area contributed by atoms with Crippen LogP contribution in [0.25, 0.3) is 5.57 Å². The van der Waals surface area contributed by atoms with Crippen molar-refractivity contribution in [3.63, 3.8) is 0 Å². The average molecular weight is 278 g/mol. The predicted molar refractivity (Wildman–Crippen MR) is 90.1 cm³/mol. The molecule has 2 fully saturated rings. The van der Waals surface area contributed by atoms with E-state index in [-0.39, 0.29) is 0 Å². The molecule has 0 heteroatoms. The highest BCUT2D eigenvalue weighted by molar-refractivity contribution is 5.74. The number of rotatable bonds is 2. The zero-order valence-electron chi connectivity index (χ0n) is 13.3.